The average molecular weight is 375 g/mol. The highest BCUT2D eigenvalue weighted by atomic mass is 16.5. The molecule has 1 aliphatic heterocycles. The quantitative estimate of drug-likeness (QED) is 0.496. The van der Waals surface area contributed by atoms with Gasteiger partial charge in [-0.15, -0.1) is 0 Å². The van der Waals surface area contributed by atoms with Gasteiger partial charge in [0.2, 0.25) is 0 Å². The molecule has 5 heteroatoms. The van der Waals surface area contributed by atoms with Crippen LogP contribution in [-0.4, -0.2) is 27.2 Å². The molecule has 0 spiro atoms. The maximum Gasteiger partial charge on any atom is 0.323 e. The van der Waals surface area contributed by atoms with Gasteiger partial charge in [0.1, 0.15) is 23.2 Å². The summed E-state index contributed by atoms with van der Waals surface area (Å²) in [6.45, 7) is 0. The molecule has 0 N–H and O–H groups in total. The Bertz CT molecular complexity index is 1010. The normalized spacial score (nSPS) is 14.7. The number of carbonyl (C=O) groups is 1. The molecule has 1 aliphatic rings. The summed E-state index contributed by atoms with van der Waals surface area (Å²) in [6.07, 6.45) is 0. The lowest BCUT2D eigenvalue weighted by atomic mass is 9.84. The van der Waals surface area contributed by atoms with E-state index in [9.17, 15) is 4.79 Å². The molecule has 0 saturated heterocycles. The van der Waals surface area contributed by atoms with Gasteiger partial charge in [-0.2, -0.15) is 0 Å². The third kappa shape index (κ3) is 2.95. The Balaban J connectivity index is 1.87. The lowest BCUT2D eigenvalue weighted by molar-refractivity contribution is -0.135. The fraction of sp³-hybridized carbons (Fsp3) is 0.174. The summed E-state index contributed by atoms with van der Waals surface area (Å²) >= 11 is 0. The van der Waals surface area contributed by atoms with Gasteiger partial charge in [-0.05, 0) is 35.9 Å². The van der Waals surface area contributed by atoms with Crippen molar-refractivity contribution >= 4 is 17.3 Å². The number of benzene rings is 3. The van der Waals surface area contributed by atoms with E-state index in [2.05, 4.69) is 0 Å². The number of ether oxygens (including phenoxy) is 3. The lowest BCUT2D eigenvalue weighted by Gasteiger charge is -2.35. The van der Waals surface area contributed by atoms with Crippen molar-refractivity contribution in [2.24, 2.45) is 0 Å². The number of rotatable bonds is 4. The first kappa shape index (κ1) is 17.9. The van der Waals surface area contributed by atoms with Gasteiger partial charge >= 0.3 is 5.97 Å². The zero-order valence-corrected chi connectivity index (χ0v) is 16.0. The number of esters is 1. The van der Waals surface area contributed by atoms with Crippen LogP contribution in [0.4, 0.5) is 11.4 Å². The highest BCUT2D eigenvalue weighted by Crippen LogP contribution is 2.49. The van der Waals surface area contributed by atoms with E-state index in [1.165, 1.54) is 0 Å². The van der Waals surface area contributed by atoms with E-state index in [0.29, 0.717) is 11.5 Å². The molecule has 28 heavy (non-hydrogen) atoms. The highest BCUT2D eigenvalue weighted by Gasteiger charge is 2.37. The predicted molar refractivity (Wildman–Crippen MR) is 108 cm³/mol. The minimum Gasteiger partial charge on any atom is -0.497 e. The molecule has 142 valence electrons. The Morgan fingerprint density at radius 3 is 2.36 bits per heavy atom. The SMILES string of the molecule is COc1ccc2c(c1)N(C)c1cccc(OC)c1C2C(=O)Oc1ccccc1. The minimum absolute atomic E-state index is 0.350. The molecule has 5 nitrogen and oxygen atoms in total. The molecular formula is C23H21NO4. The maximum atomic E-state index is 13.3. The Morgan fingerprint density at radius 2 is 1.64 bits per heavy atom. The molecule has 3 aromatic carbocycles. The Morgan fingerprint density at radius 1 is 0.857 bits per heavy atom. The van der Waals surface area contributed by atoms with Crippen LogP contribution in [0.2, 0.25) is 0 Å². The minimum atomic E-state index is -0.608. The number of hydrogen-bond donors (Lipinski definition) is 0. The van der Waals surface area contributed by atoms with Crippen LogP contribution >= 0.6 is 0 Å². The summed E-state index contributed by atoms with van der Waals surface area (Å²) in [4.78, 5) is 15.3. The number of anilines is 2. The van der Waals surface area contributed by atoms with Crippen molar-refractivity contribution in [3.05, 3.63) is 77.9 Å². The van der Waals surface area contributed by atoms with Crippen LogP contribution in [0.3, 0.4) is 0 Å². The van der Waals surface area contributed by atoms with Crippen LogP contribution in [0.5, 0.6) is 17.2 Å². The van der Waals surface area contributed by atoms with Crippen LogP contribution in [0, 0.1) is 0 Å². The van der Waals surface area contributed by atoms with Crippen molar-refractivity contribution in [2.75, 3.05) is 26.2 Å². The van der Waals surface area contributed by atoms with E-state index in [1.54, 1.807) is 26.4 Å². The fourth-order valence-electron chi connectivity index (χ4n) is 3.67. The van der Waals surface area contributed by atoms with Crippen LogP contribution in [-0.2, 0) is 4.79 Å². The summed E-state index contributed by atoms with van der Waals surface area (Å²) in [6, 6.07) is 20.6. The predicted octanol–water partition coefficient (Wildman–Crippen LogP) is 4.52. The summed E-state index contributed by atoms with van der Waals surface area (Å²) in [5.41, 5.74) is 3.44. The fourth-order valence-corrected chi connectivity index (χ4v) is 3.67. The van der Waals surface area contributed by atoms with Crippen LogP contribution in [0.1, 0.15) is 17.0 Å². The van der Waals surface area contributed by atoms with Gasteiger partial charge in [0.05, 0.1) is 14.2 Å². The number of fused-ring (bicyclic) bond motifs is 2. The van der Waals surface area contributed by atoms with Crippen molar-refractivity contribution < 1.29 is 19.0 Å². The Labute approximate surface area is 164 Å². The standard InChI is InChI=1S/C23H21NO4/c1-24-18-10-7-11-20(27-3)22(18)21(17-13-12-16(26-2)14-19(17)24)23(25)28-15-8-5-4-6-9-15/h4-14,21H,1-3H3. The van der Waals surface area contributed by atoms with Gasteiger partial charge in [0, 0.05) is 30.1 Å². The second kappa shape index (κ2) is 7.27. The van der Waals surface area contributed by atoms with E-state index in [1.807, 2.05) is 66.5 Å². The summed E-state index contributed by atoms with van der Waals surface area (Å²) in [5.74, 6) is 0.936. The van der Waals surface area contributed by atoms with Gasteiger partial charge in [-0.25, -0.2) is 0 Å². The third-order valence-corrected chi connectivity index (χ3v) is 5.02. The van der Waals surface area contributed by atoms with Crippen molar-refractivity contribution in [2.45, 2.75) is 5.92 Å². The molecule has 3 aromatic rings. The van der Waals surface area contributed by atoms with E-state index in [4.69, 9.17) is 14.2 Å². The Hall–Kier alpha value is -3.47. The molecule has 1 atom stereocenters. The van der Waals surface area contributed by atoms with Crippen LogP contribution < -0.4 is 19.1 Å². The van der Waals surface area contributed by atoms with Crippen molar-refractivity contribution in [3.8, 4) is 17.2 Å². The largest absolute Gasteiger partial charge is 0.497 e. The molecule has 1 heterocycles. The summed E-state index contributed by atoms with van der Waals surface area (Å²) in [7, 11) is 5.21. The molecule has 0 amide bonds. The Kier molecular flexibility index (Phi) is 4.65. The summed E-state index contributed by atoms with van der Waals surface area (Å²) < 4.78 is 16.7. The molecular weight excluding hydrogens is 354 g/mol. The van der Waals surface area contributed by atoms with E-state index < -0.39 is 5.92 Å². The first-order chi connectivity index (χ1) is 13.6. The molecule has 0 saturated carbocycles. The van der Waals surface area contributed by atoms with Crippen LogP contribution in [0.25, 0.3) is 0 Å². The number of para-hydroxylation sites is 1. The zero-order valence-electron chi connectivity index (χ0n) is 16.0. The smallest absolute Gasteiger partial charge is 0.323 e. The van der Waals surface area contributed by atoms with Crippen LogP contribution in [0.15, 0.2) is 66.7 Å². The van der Waals surface area contributed by atoms with Gasteiger partial charge in [-0.3, -0.25) is 4.79 Å². The lowest BCUT2D eigenvalue weighted by Crippen LogP contribution is -2.29. The van der Waals surface area contributed by atoms with Crippen molar-refractivity contribution in [3.63, 3.8) is 0 Å². The van der Waals surface area contributed by atoms with Gasteiger partial charge in [0.15, 0.2) is 0 Å². The summed E-state index contributed by atoms with van der Waals surface area (Å²) in [5, 5.41) is 0. The monoisotopic (exact) mass is 375 g/mol. The van der Waals surface area contributed by atoms with Crippen molar-refractivity contribution in [1.82, 2.24) is 0 Å². The number of hydrogen-bond acceptors (Lipinski definition) is 5. The average Bonchev–Trinajstić information content (AvgIpc) is 2.74. The van der Waals surface area contributed by atoms with Gasteiger partial charge in [-0.1, -0.05) is 30.3 Å². The maximum absolute atomic E-state index is 13.3. The number of methoxy groups -OCH3 is 2. The topological polar surface area (TPSA) is 48.0 Å². The highest BCUT2D eigenvalue weighted by molar-refractivity contribution is 5.93. The van der Waals surface area contributed by atoms with E-state index >= 15 is 0 Å². The second-order valence-electron chi connectivity index (χ2n) is 6.54. The first-order valence-electron chi connectivity index (χ1n) is 8.99. The molecule has 1 unspecified atom stereocenters. The molecule has 0 radical (unpaired) electrons. The van der Waals surface area contributed by atoms with E-state index in [0.717, 1.165) is 28.3 Å². The molecule has 0 bridgehead atoms. The second-order valence-corrected chi connectivity index (χ2v) is 6.54. The molecule has 4 rings (SSSR count). The molecule has 0 aliphatic carbocycles. The van der Waals surface area contributed by atoms with Crippen molar-refractivity contribution in [1.29, 1.82) is 0 Å². The zero-order chi connectivity index (χ0) is 19.7. The first-order valence-corrected chi connectivity index (χ1v) is 8.99. The van der Waals surface area contributed by atoms with Gasteiger partial charge < -0.3 is 19.1 Å². The third-order valence-electron chi connectivity index (χ3n) is 5.02. The number of carbonyl (C=O) groups excluding carboxylic acids is 1. The molecule has 0 aromatic heterocycles. The molecule has 0 fully saturated rings. The number of nitrogens with zero attached hydrogens (tertiary/aromatic N) is 1. The van der Waals surface area contributed by atoms with E-state index in [-0.39, 0.29) is 5.97 Å². The van der Waals surface area contributed by atoms with Gasteiger partial charge in [0.25, 0.3) is 0 Å².